The van der Waals surface area contributed by atoms with E-state index in [0.29, 0.717) is 5.92 Å². The van der Waals surface area contributed by atoms with Crippen LogP contribution in [-0.2, 0) is 0 Å². The maximum Gasteiger partial charge on any atom is 0.190 e. The van der Waals surface area contributed by atoms with Crippen molar-refractivity contribution in [1.82, 2.24) is 0 Å². The number of benzene rings is 3. The molecule has 0 heterocycles. The Morgan fingerprint density at radius 2 is 1.27 bits per heavy atom. The van der Waals surface area contributed by atoms with Gasteiger partial charge in [-0.3, -0.25) is 0 Å². The topological polar surface area (TPSA) is 9.23 Å². The zero-order valence-corrected chi connectivity index (χ0v) is 17.2. The van der Waals surface area contributed by atoms with Crippen LogP contribution >= 0.6 is 0 Å². The van der Waals surface area contributed by atoms with Gasteiger partial charge in [0.1, 0.15) is 5.82 Å². The average Bonchev–Trinajstić information content (AvgIpc) is 2.74. The minimum atomic E-state index is -0.858. The molecule has 0 radical (unpaired) electrons. The van der Waals surface area contributed by atoms with Crippen LogP contribution in [0.2, 0.25) is 0 Å². The van der Waals surface area contributed by atoms with E-state index in [9.17, 15) is 13.2 Å². The molecular weight excluding hydrogens is 385 g/mol. The lowest BCUT2D eigenvalue weighted by Crippen LogP contribution is -2.10. The highest BCUT2D eigenvalue weighted by Crippen LogP contribution is 2.37. The van der Waals surface area contributed by atoms with Gasteiger partial charge in [0, 0.05) is 5.56 Å². The summed E-state index contributed by atoms with van der Waals surface area (Å²) in [7, 11) is 1.19. The largest absolute Gasteiger partial charge is 0.491 e. The van der Waals surface area contributed by atoms with Gasteiger partial charge in [-0.1, -0.05) is 56.2 Å². The highest BCUT2D eigenvalue weighted by atomic mass is 19.1. The molecule has 1 fully saturated rings. The van der Waals surface area contributed by atoms with E-state index in [1.807, 2.05) is 12.1 Å². The Labute approximate surface area is 175 Å². The Hall–Kier alpha value is -2.75. The molecule has 3 aromatic carbocycles. The lowest BCUT2D eigenvalue weighted by atomic mass is 9.79. The molecule has 1 saturated carbocycles. The summed E-state index contributed by atoms with van der Waals surface area (Å²) in [5.74, 6) is -1.29. The van der Waals surface area contributed by atoms with Gasteiger partial charge in [-0.15, -0.1) is 0 Å². The second-order valence-corrected chi connectivity index (χ2v) is 8.25. The quantitative estimate of drug-likeness (QED) is 0.427. The number of ether oxygens (including phenoxy) is 1. The third-order valence-corrected chi connectivity index (χ3v) is 6.21. The number of hydrogen-bond donors (Lipinski definition) is 0. The van der Waals surface area contributed by atoms with E-state index < -0.39 is 23.2 Å². The summed E-state index contributed by atoms with van der Waals surface area (Å²) >= 11 is 0. The molecule has 0 unspecified atom stereocenters. The molecule has 0 aliphatic heterocycles. The van der Waals surface area contributed by atoms with Crippen LogP contribution < -0.4 is 4.74 Å². The molecule has 4 heteroatoms. The predicted molar refractivity (Wildman–Crippen MR) is 114 cm³/mol. The molecule has 1 nitrogen and oxygen atoms in total. The summed E-state index contributed by atoms with van der Waals surface area (Å²) < 4.78 is 47.5. The normalized spacial score (nSPS) is 19.0. The summed E-state index contributed by atoms with van der Waals surface area (Å²) in [5, 5.41) is 0. The Morgan fingerprint density at radius 3 is 1.83 bits per heavy atom. The molecule has 30 heavy (non-hydrogen) atoms. The number of rotatable bonds is 4. The Morgan fingerprint density at radius 1 is 0.700 bits per heavy atom. The van der Waals surface area contributed by atoms with E-state index in [-0.39, 0.29) is 11.1 Å². The maximum absolute atomic E-state index is 14.8. The maximum atomic E-state index is 14.8. The SMILES string of the molecule is COc1c(F)cc(-c2ccc(-c3ccc(C4CCC(C)CC4)cc3)cc2F)cc1F. The van der Waals surface area contributed by atoms with Crippen molar-refractivity contribution in [2.45, 2.75) is 38.5 Å². The van der Waals surface area contributed by atoms with Crippen molar-refractivity contribution in [2.75, 3.05) is 7.11 Å². The Kier molecular flexibility index (Phi) is 5.85. The molecule has 1 aliphatic rings. The van der Waals surface area contributed by atoms with Gasteiger partial charge in [0.05, 0.1) is 7.11 Å². The third kappa shape index (κ3) is 4.09. The summed E-state index contributed by atoms with van der Waals surface area (Å²) in [6.45, 7) is 2.31. The summed E-state index contributed by atoms with van der Waals surface area (Å²) in [6.07, 6.45) is 4.98. The number of halogens is 3. The summed E-state index contributed by atoms with van der Waals surface area (Å²) in [4.78, 5) is 0. The second-order valence-electron chi connectivity index (χ2n) is 8.25. The highest BCUT2D eigenvalue weighted by Gasteiger charge is 2.20. The smallest absolute Gasteiger partial charge is 0.190 e. The summed E-state index contributed by atoms with van der Waals surface area (Å²) in [5.41, 5.74) is 3.27. The molecule has 0 bridgehead atoms. The van der Waals surface area contributed by atoms with Crippen LogP contribution in [0.25, 0.3) is 22.3 Å². The van der Waals surface area contributed by atoms with Crippen molar-refractivity contribution in [2.24, 2.45) is 5.92 Å². The molecular formula is C26H25F3O. The van der Waals surface area contributed by atoms with Crippen LogP contribution in [0, 0.1) is 23.4 Å². The monoisotopic (exact) mass is 410 g/mol. The van der Waals surface area contributed by atoms with Crippen LogP contribution in [-0.4, -0.2) is 7.11 Å². The van der Waals surface area contributed by atoms with Gasteiger partial charge in [-0.25, -0.2) is 13.2 Å². The minimum absolute atomic E-state index is 0.136. The van der Waals surface area contributed by atoms with Crippen molar-refractivity contribution in [1.29, 1.82) is 0 Å². The zero-order valence-electron chi connectivity index (χ0n) is 17.2. The van der Waals surface area contributed by atoms with Gasteiger partial charge in [-0.2, -0.15) is 0 Å². The van der Waals surface area contributed by atoms with Gasteiger partial charge in [0.25, 0.3) is 0 Å². The number of hydrogen-bond acceptors (Lipinski definition) is 1. The molecule has 0 spiro atoms. The molecule has 0 amide bonds. The zero-order chi connectivity index (χ0) is 21.3. The van der Waals surface area contributed by atoms with Gasteiger partial charge in [-0.05, 0) is 65.1 Å². The van der Waals surface area contributed by atoms with Gasteiger partial charge in [0.15, 0.2) is 17.4 Å². The highest BCUT2D eigenvalue weighted by molar-refractivity contribution is 5.71. The van der Waals surface area contributed by atoms with Crippen LogP contribution in [0.3, 0.4) is 0 Å². The molecule has 0 N–H and O–H groups in total. The molecule has 0 aromatic heterocycles. The fourth-order valence-electron chi connectivity index (χ4n) is 4.38. The fourth-order valence-corrected chi connectivity index (χ4v) is 4.38. The van der Waals surface area contributed by atoms with E-state index in [1.54, 1.807) is 12.1 Å². The minimum Gasteiger partial charge on any atom is -0.491 e. The van der Waals surface area contributed by atoms with Gasteiger partial charge in [0.2, 0.25) is 0 Å². The van der Waals surface area contributed by atoms with Crippen LogP contribution in [0.4, 0.5) is 13.2 Å². The molecule has 1 aliphatic carbocycles. The Balaban J connectivity index is 1.58. The second kappa shape index (κ2) is 8.55. The van der Waals surface area contributed by atoms with E-state index in [0.717, 1.165) is 29.2 Å². The first-order chi connectivity index (χ1) is 14.5. The molecule has 0 saturated heterocycles. The van der Waals surface area contributed by atoms with Crippen LogP contribution in [0.5, 0.6) is 5.75 Å². The number of methoxy groups -OCH3 is 1. The van der Waals surface area contributed by atoms with Crippen molar-refractivity contribution in [3.8, 4) is 28.0 Å². The lowest BCUT2D eigenvalue weighted by molar-refractivity contribution is 0.348. The van der Waals surface area contributed by atoms with Gasteiger partial charge < -0.3 is 4.74 Å². The molecule has 0 atom stereocenters. The first-order valence-corrected chi connectivity index (χ1v) is 10.4. The van der Waals surface area contributed by atoms with E-state index in [1.165, 1.54) is 44.4 Å². The standard InChI is InChI=1S/C26H25F3O/c1-16-3-5-17(6-4-16)18-7-9-19(10-8-18)20-11-12-22(23(27)13-20)21-14-24(28)26(30-2)25(29)15-21/h7-17H,3-6H2,1-2H3. The average molecular weight is 410 g/mol. The lowest BCUT2D eigenvalue weighted by Gasteiger charge is -2.26. The third-order valence-electron chi connectivity index (χ3n) is 6.21. The van der Waals surface area contributed by atoms with Crippen molar-refractivity contribution in [3.05, 3.63) is 77.6 Å². The van der Waals surface area contributed by atoms with Gasteiger partial charge >= 0.3 is 0 Å². The first-order valence-electron chi connectivity index (χ1n) is 10.4. The van der Waals surface area contributed by atoms with Crippen molar-refractivity contribution in [3.63, 3.8) is 0 Å². The predicted octanol–water partition coefficient (Wildman–Crippen LogP) is 7.74. The molecule has 156 valence electrons. The van der Waals surface area contributed by atoms with Crippen LogP contribution in [0.15, 0.2) is 54.6 Å². The van der Waals surface area contributed by atoms with Crippen LogP contribution in [0.1, 0.15) is 44.1 Å². The molecule has 4 rings (SSSR count). The first kappa shape index (κ1) is 20.5. The Bertz CT molecular complexity index is 1010. The van der Waals surface area contributed by atoms with Crippen molar-refractivity contribution < 1.29 is 17.9 Å². The summed E-state index contributed by atoms with van der Waals surface area (Å²) in [6, 6.07) is 15.2. The van der Waals surface area contributed by atoms with E-state index in [4.69, 9.17) is 0 Å². The van der Waals surface area contributed by atoms with E-state index in [2.05, 4.69) is 23.8 Å². The fraction of sp³-hybridized carbons (Fsp3) is 0.308. The van der Waals surface area contributed by atoms with Crippen molar-refractivity contribution >= 4 is 0 Å². The molecule has 3 aromatic rings. The van der Waals surface area contributed by atoms with E-state index >= 15 is 0 Å².